The van der Waals surface area contributed by atoms with Crippen LogP contribution in [0.4, 0.5) is 5.95 Å². The van der Waals surface area contributed by atoms with Crippen LogP contribution >= 0.6 is 0 Å². The highest BCUT2D eigenvalue weighted by Gasteiger charge is 1.98. The van der Waals surface area contributed by atoms with E-state index in [4.69, 9.17) is 10.00 Å². The molecule has 0 saturated heterocycles. The fourth-order valence-corrected chi connectivity index (χ4v) is 1.54. The number of nitriles is 1. The molecule has 1 aromatic carbocycles. The molecule has 96 valence electrons. The van der Waals surface area contributed by atoms with Crippen molar-refractivity contribution in [2.75, 3.05) is 18.5 Å². The van der Waals surface area contributed by atoms with E-state index < -0.39 is 0 Å². The maximum Gasteiger partial charge on any atom is 0.224 e. The SMILES string of the molecule is Cc1cccc(OCCNc2nccc(C#N)n2)c1. The third-order valence-electron chi connectivity index (χ3n) is 2.41. The van der Waals surface area contributed by atoms with Gasteiger partial charge in [0.1, 0.15) is 24.1 Å². The van der Waals surface area contributed by atoms with Crippen molar-refractivity contribution in [3.8, 4) is 11.8 Å². The van der Waals surface area contributed by atoms with E-state index >= 15 is 0 Å². The molecule has 0 amide bonds. The van der Waals surface area contributed by atoms with Crippen LogP contribution in [0.25, 0.3) is 0 Å². The Kier molecular flexibility index (Phi) is 4.29. The fourth-order valence-electron chi connectivity index (χ4n) is 1.54. The summed E-state index contributed by atoms with van der Waals surface area (Å²) in [5.74, 6) is 1.28. The van der Waals surface area contributed by atoms with Gasteiger partial charge in [-0.05, 0) is 30.7 Å². The zero-order chi connectivity index (χ0) is 13.5. The summed E-state index contributed by atoms with van der Waals surface area (Å²) in [6.07, 6.45) is 1.55. The van der Waals surface area contributed by atoms with Gasteiger partial charge in [0, 0.05) is 6.20 Å². The number of ether oxygens (including phenoxy) is 1. The quantitative estimate of drug-likeness (QED) is 0.828. The Bertz CT molecular complexity index is 592. The first-order valence-electron chi connectivity index (χ1n) is 5.94. The molecule has 0 aliphatic carbocycles. The van der Waals surface area contributed by atoms with Gasteiger partial charge in [-0.3, -0.25) is 0 Å². The fraction of sp³-hybridized carbons (Fsp3) is 0.214. The second-order valence-corrected chi connectivity index (χ2v) is 3.97. The Labute approximate surface area is 111 Å². The average Bonchev–Trinajstić information content (AvgIpc) is 2.44. The van der Waals surface area contributed by atoms with Gasteiger partial charge >= 0.3 is 0 Å². The first-order valence-corrected chi connectivity index (χ1v) is 5.94. The minimum Gasteiger partial charge on any atom is -0.492 e. The van der Waals surface area contributed by atoms with Crippen LogP contribution in [0.2, 0.25) is 0 Å². The van der Waals surface area contributed by atoms with Gasteiger partial charge in [-0.25, -0.2) is 9.97 Å². The number of nitrogens with zero attached hydrogens (tertiary/aromatic N) is 3. The Balaban J connectivity index is 1.79. The van der Waals surface area contributed by atoms with E-state index in [1.807, 2.05) is 37.3 Å². The first-order chi connectivity index (χ1) is 9.28. The number of aryl methyl sites for hydroxylation is 1. The van der Waals surface area contributed by atoms with Gasteiger partial charge in [-0.2, -0.15) is 5.26 Å². The molecule has 5 nitrogen and oxygen atoms in total. The van der Waals surface area contributed by atoms with E-state index in [0.29, 0.717) is 24.8 Å². The van der Waals surface area contributed by atoms with Crippen LogP contribution in [0.5, 0.6) is 5.75 Å². The summed E-state index contributed by atoms with van der Waals surface area (Å²) in [5, 5.41) is 11.7. The summed E-state index contributed by atoms with van der Waals surface area (Å²) < 4.78 is 5.58. The van der Waals surface area contributed by atoms with E-state index in [2.05, 4.69) is 15.3 Å². The van der Waals surface area contributed by atoms with Crippen molar-refractivity contribution >= 4 is 5.95 Å². The van der Waals surface area contributed by atoms with Crippen molar-refractivity contribution in [3.05, 3.63) is 47.8 Å². The third-order valence-corrected chi connectivity index (χ3v) is 2.41. The van der Waals surface area contributed by atoms with Gasteiger partial charge in [0.2, 0.25) is 5.95 Å². The number of benzene rings is 1. The smallest absolute Gasteiger partial charge is 0.224 e. The number of anilines is 1. The number of hydrogen-bond acceptors (Lipinski definition) is 5. The Hall–Kier alpha value is -2.61. The zero-order valence-electron chi connectivity index (χ0n) is 10.6. The molecule has 1 heterocycles. The van der Waals surface area contributed by atoms with Crippen molar-refractivity contribution in [1.82, 2.24) is 9.97 Å². The summed E-state index contributed by atoms with van der Waals surface area (Å²) in [7, 11) is 0. The molecule has 0 unspecified atom stereocenters. The van der Waals surface area contributed by atoms with Gasteiger partial charge in [0.05, 0.1) is 6.54 Å². The van der Waals surface area contributed by atoms with Crippen molar-refractivity contribution < 1.29 is 4.74 Å². The summed E-state index contributed by atoms with van der Waals surface area (Å²) >= 11 is 0. The van der Waals surface area contributed by atoms with E-state index in [1.165, 1.54) is 0 Å². The summed E-state index contributed by atoms with van der Waals surface area (Å²) in [6, 6.07) is 11.4. The molecule has 0 saturated carbocycles. The molecule has 0 spiro atoms. The zero-order valence-corrected chi connectivity index (χ0v) is 10.6. The van der Waals surface area contributed by atoms with Gasteiger partial charge < -0.3 is 10.1 Å². The number of hydrogen-bond donors (Lipinski definition) is 1. The van der Waals surface area contributed by atoms with E-state index in [9.17, 15) is 0 Å². The molecular weight excluding hydrogens is 240 g/mol. The van der Waals surface area contributed by atoms with Crippen molar-refractivity contribution in [2.24, 2.45) is 0 Å². The van der Waals surface area contributed by atoms with Gasteiger partial charge in [0.25, 0.3) is 0 Å². The van der Waals surface area contributed by atoms with Gasteiger partial charge in [-0.1, -0.05) is 12.1 Å². The lowest BCUT2D eigenvalue weighted by Crippen LogP contribution is -2.13. The Morgan fingerprint density at radius 2 is 2.26 bits per heavy atom. The molecule has 0 aliphatic rings. The van der Waals surface area contributed by atoms with Crippen LogP contribution in [-0.2, 0) is 0 Å². The lowest BCUT2D eigenvalue weighted by Gasteiger charge is -2.07. The second-order valence-electron chi connectivity index (χ2n) is 3.97. The van der Waals surface area contributed by atoms with Crippen LogP contribution in [0, 0.1) is 18.3 Å². The van der Waals surface area contributed by atoms with E-state index in [1.54, 1.807) is 12.3 Å². The van der Waals surface area contributed by atoms with Crippen LogP contribution in [0.15, 0.2) is 36.5 Å². The maximum atomic E-state index is 8.72. The lowest BCUT2D eigenvalue weighted by molar-refractivity contribution is 0.332. The minimum absolute atomic E-state index is 0.345. The number of rotatable bonds is 5. The van der Waals surface area contributed by atoms with Crippen LogP contribution < -0.4 is 10.1 Å². The molecule has 2 rings (SSSR count). The van der Waals surface area contributed by atoms with E-state index in [0.717, 1.165) is 11.3 Å². The molecule has 0 radical (unpaired) electrons. The maximum absolute atomic E-state index is 8.72. The van der Waals surface area contributed by atoms with Crippen LogP contribution in [0.1, 0.15) is 11.3 Å². The molecule has 2 aromatic rings. The molecule has 1 N–H and O–H groups in total. The number of nitrogens with one attached hydrogen (secondary N) is 1. The molecule has 5 heteroatoms. The number of aromatic nitrogens is 2. The molecule has 0 bridgehead atoms. The lowest BCUT2D eigenvalue weighted by atomic mass is 10.2. The normalized spacial score (nSPS) is 9.68. The topological polar surface area (TPSA) is 70.8 Å². The second kappa shape index (κ2) is 6.36. The third kappa shape index (κ3) is 3.96. The molecule has 0 fully saturated rings. The average molecular weight is 254 g/mol. The Morgan fingerprint density at radius 1 is 1.37 bits per heavy atom. The summed E-state index contributed by atoms with van der Waals surface area (Å²) in [6.45, 7) is 3.10. The first kappa shape index (κ1) is 12.8. The predicted octanol–water partition coefficient (Wildman–Crippen LogP) is 2.15. The van der Waals surface area contributed by atoms with Crippen molar-refractivity contribution in [2.45, 2.75) is 6.92 Å². The standard InChI is InChI=1S/C14H14N4O/c1-11-3-2-4-13(9-11)19-8-7-17-14-16-6-5-12(10-15)18-14/h2-6,9H,7-8H2,1H3,(H,16,17,18). The summed E-state index contributed by atoms with van der Waals surface area (Å²) in [4.78, 5) is 8.03. The molecule has 0 aliphatic heterocycles. The Morgan fingerprint density at radius 3 is 3.05 bits per heavy atom. The minimum atomic E-state index is 0.345. The summed E-state index contributed by atoms with van der Waals surface area (Å²) in [5.41, 5.74) is 1.51. The highest BCUT2D eigenvalue weighted by molar-refractivity contribution is 5.30. The van der Waals surface area contributed by atoms with Crippen molar-refractivity contribution in [1.29, 1.82) is 5.26 Å². The van der Waals surface area contributed by atoms with Crippen molar-refractivity contribution in [3.63, 3.8) is 0 Å². The highest BCUT2D eigenvalue weighted by atomic mass is 16.5. The molecule has 1 aromatic heterocycles. The van der Waals surface area contributed by atoms with Crippen LogP contribution in [0.3, 0.4) is 0 Å². The highest BCUT2D eigenvalue weighted by Crippen LogP contribution is 2.11. The van der Waals surface area contributed by atoms with E-state index in [-0.39, 0.29) is 0 Å². The molecule has 0 atom stereocenters. The monoisotopic (exact) mass is 254 g/mol. The molecular formula is C14H14N4O. The predicted molar refractivity (Wildman–Crippen MR) is 71.9 cm³/mol. The van der Waals surface area contributed by atoms with Gasteiger partial charge in [0.15, 0.2) is 0 Å². The largest absolute Gasteiger partial charge is 0.492 e. The van der Waals surface area contributed by atoms with Crippen LogP contribution in [-0.4, -0.2) is 23.1 Å². The molecule has 19 heavy (non-hydrogen) atoms. The van der Waals surface area contributed by atoms with Gasteiger partial charge in [-0.15, -0.1) is 0 Å².